The smallest absolute Gasteiger partial charge is 0.408 e. The van der Waals surface area contributed by atoms with Crippen LogP contribution in [0.2, 0.25) is 0 Å². The van der Waals surface area contributed by atoms with E-state index >= 15 is 0 Å². The highest BCUT2D eigenvalue weighted by atomic mass is 16.5. The quantitative estimate of drug-likeness (QED) is 0.534. The number of allylic oxidation sites excluding steroid dienone is 1. The second-order valence-electron chi connectivity index (χ2n) is 9.15. The molecule has 2 aromatic rings. The Kier molecular flexibility index (Phi) is 6.72. The van der Waals surface area contributed by atoms with Crippen LogP contribution in [0.3, 0.4) is 0 Å². The van der Waals surface area contributed by atoms with Gasteiger partial charge in [-0.25, -0.2) is 4.79 Å². The van der Waals surface area contributed by atoms with E-state index in [4.69, 9.17) is 4.74 Å². The van der Waals surface area contributed by atoms with Crippen LogP contribution < -0.4 is 10.6 Å². The van der Waals surface area contributed by atoms with E-state index in [2.05, 4.69) is 22.8 Å². The zero-order valence-electron chi connectivity index (χ0n) is 19.4. The molecule has 0 aliphatic heterocycles. The van der Waals surface area contributed by atoms with Crippen LogP contribution in [0, 0.1) is 5.92 Å². The van der Waals surface area contributed by atoms with Crippen LogP contribution in [0.1, 0.15) is 50.2 Å². The van der Waals surface area contributed by atoms with Crippen molar-refractivity contribution >= 4 is 18.0 Å². The number of carbonyl (C=O) groups is 3. The molecule has 0 heterocycles. The van der Waals surface area contributed by atoms with Crippen molar-refractivity contribution in [3.05, 3.63) is 71.8 Å². The molecule has 1 unspecified atom stereocenters. The fraction of sp³-hybridized carbons (Fsp3) is 0.370. The van der Waals surface area contributed by atoms with Gasteiger partial charge in [-0.2, -0.15) is 0 Å². The number of ether oxygens (including phenoxy) is 1. The molecular formula is C27H30N2O5. The average Bonchev–Trinajstić information content (AvgIpc) is 3.16. The Labute approximate surface area is 199 Å². The van der Waals surface area contributed by atoms with Crippen molar-refractivity contribution in [2.24, 2.45) is 5.92 Å². The summed E-state index contributed by atoms with van der Waals surface area (Å²) in [5, 5.41) is 14.9. The molecule has 0 radical (unpaired) electrons. The first-order valence-corrected chi connectivity index (χ1v) is 11.7. The highest BCUT2D eigenvalue weighted by molar-refractivity contribution is 5.90. The van der Waals surface area contributed by atoms with Crippen LogP contribution in [0.25, 0.3) is 11.1 Å². The normalized spacial score (nSPS) is 20.5. The molecule has 34 heavy (non-hydrogen) atoms. The summed E-state index contributed by atoms with van der Waals surface area (Å²) in [6.07, 6.45) is 4.04. The summed E-state index contributed by atoms with van der Waals surface area (Å²) in [6, 6.07) is 15.8. The van der Waals surface area contributed by atoms with Gasteiger partial charge in [0, 0.05) is 12.0 Å². The molecule has 2 aromatic carbocycles. The summed E-state index contributed by atoms with van der Waals surface area (Å²) < 4.78 is 5.60. The third-order valence-electron chi connectivity index (χ3n) is 6.92. The number of rotatable bonds is 7. The van der Waals surface area contributed by atoms with Crippen molar-refractivity contribution in [1.29, 1.82) is 0 Å². The molecule has 0 spiro atoms. The number of alkyl carbamates (subject to hydrolysis) is 1. The molecule has 0 saturated heterocycles. The molecule has 3 N–H and O–H groups in total. The molecule has 0 saturated carbocycles. The number of amides is 2. The highest BCUT2D eigenvalue weighted by Crippen LogP contribution is 2.44. The van der Waals surface area contributed by atoms with Gasteiger partial charge >= 0.3 is 12.1 Å². The maximum absolute atomic E-state index is 13.0. The molecular weight excluding hydrogens is 432 g/mol. The van der Waals surface area contributed by atoms with Gasteiger partial charge in [0.25, 0.3) is 0 Å². The first kappa shape index (κ1) is 23.5. The Morgan fingerprint density at radius 2 is 1.68 bits per heavy atom. The van der Waals surface area contributed by atoms with E-state index in [-0.39, 0.29) is 18.4 Å². The van der Waals surface area contributed by atoms with Crippen molar-refractivity contribution in [3.8, 4) is 11.1 Å². The van der Waals surface area contributed by atoms with Crippen LogP contribution in [-0.4, -0.2) is 41.3 Å². The maximum atomic E-state index is 13.0. The van der Waals surface area contributed by atoms with Crippen LogP contribution in [0.5, 0.6) is 0 Å². The van der Waals surface area contributed by atoms with Crippen molar-refractivity contribution < 1.29 is 24.2 Å². The maximum Gasteiger partial charge on any atom is 0.408 e. The number of carboxylic acids is 1. The average molecular weight is 463 g/mol. The van der Waals surface area contributed by atoms with Crippen molar-refractivity contribution in [1.82, 2.24) is 10.6 Å². The van der Waals surface area contributed by atoms with E-state index in [0.717, 1.165) is 22.3 Å². The first-order chi connectivity index (χ1) is 16.3. The molecule has 3 atom stereocenters. The number of fused-ring (bicyclic) bond motifs is 3. The second-order valence-corrected chi connectivity index (χ2v) is 9.15. The molecule has 7 nitrogen and oxygen atoms in total. The lowest BCUT2D eigenvalue weighted by Crippen LogP contribution is -2.58. The van der Waals surface area contributed by atoms with Crippen LogP contribution in [0.15, 0.2) is 60.7 Å². The Morgan fingerprint density at radius 3 is 2.26 bits per heavy atom. The Hall–Kier alpha value is -3.61. The fourth-order valence-corrected chi connectivity index (χ4v) is 4.69. The molecule has 0 fully saturated rings. The van der Waals surface area contributed by atoms with Gasteiger partial charge in [-0.05, 0) is 48.4 Å². The van der Waals surface area contributed by atoms with Gasteiger partial charge in [0.05, 0.1) is 5.92 Å². The minimum Gasteiger partial charge on any atom is -0.481 e. The number of aliphatic carboxylic acids is 1. The SMILES string of the molecule is CCC(C)(NC(=O)OCC1c2ccccc2-c2ccccc21)C(=O)N[C@@H]1C=CC[C@@H](C(=O)O)C1. The lowest BCUT2D eigenvalue weighted by molar-refractivity contribution is -0.142. The summed E-state index contributed by atoms with van der Waals surface area (Å²) in [5.74, 6) is -1.85. The lowest BCUT2D eigenvalue weighted by Gasteiger charge is -2.31. The molecule has 4 rings (SSSR count). The van der Waals surface area contributed by atoms with E-state index in [1.165, 1.54) is 0 Å². The number of hydrogen-bond donors (Lipinski definition) is 3. The van der Waals surface area contributed by atoms with Crippen LogP contribution in [-0.2, 0) is 14.3 Å². The summed E-state index contributed by atoms with van der Waals surface area (Å²) in [5.41, 5.74) is 3.33. The van der Waals surface area contributed by atoms with Gasteiger partial charge in [-0.1, -0.05) is 67.6 Å². The highest BCUT2D eigenvalue weighted by Gasteiger charge is 2.36. The monoisotopic (exact) mass is 462 g/mol. The van der Waals surface area contributed by atoms with Gasteiger partial charge in [-0.15, -0.1) is 0 Å². The molecule has 2 aliphatic carbocycles. The zero-order chi connectivity index (χ0) is 24.3. The second kappa shape index (κ2) is 9.71. The third kappa shape index (κ3) is 4.69. The Balaban J connectivity index is 1.39. The molecule has 7 heteroatoms. The van der Waals surface area contributed by atoms with Gasteiger partial charge in [0.15, 0.2) is 0 Å². The zero-order valence-corrected chi connectivity index (χ0v) is 19.4. The Bertz CT molecular complexity index is 1080. The third-order valence-corrected chi connectivity index (χ3v) is 6.92. The van der Waals surface area contributed by atoms with Crippen molar-refractivity contribution in [2.75, 3.05) is 6.61 Å². The largest absolute Gasteiger partial charge is 0.481 e. The van der Waals surface area contributed by atoms with E-state index in [1.54, 1.807) is 26.0 Å². The molecule has 2 aliphatic rings. The number of carboxylic acid groups (broad SMARTS) is 1. The van der Waals surface area contributed by atoms with Gasteiger partial charge in [-0.3, -0.25) is 9.59 Å². The number of carbonyl (C=O) groups excluding carboxylic acids is 2. The van der Waals surface area contributed by atoms with Crippen molar-refractivity contribution in [2.45, 2.75) is 50.6 Å². The van der Waals surface area contributed by atoms with Gasteiger partial charge < -0.3 is 20.5 Å². The van der Waals surface area contributed by atoms with Crippen LogP contribution in [0.4, 0.5) is 4.79 Å². The van der Waals surface area contributed by atoms with Gasteiger partial charge in [0.2, 0.25) is 5.91 Å². The first-order valence-electron chi connectivity index (χ1n) is 11.7. The van der Waals surface area contributed by atoms with E-state index in [1.807, 2.05) is 36.4 Å². The standard InChI is InChI=1S/C27H30N2O5/c1-3-27(2,25(32)28-18-10-8-9-17(15-18)24(30)31)29-26(33)34-16-23-21-13-6-4-11-19(21)20-12-5-7-14-22(20)23/h4-8,10-14,17-18,23H,3,9,15-16H2,1-2H3,(H,28,32)(H,29,33)(H,30,31)/t17-,18-,27?/m1/s1. The molecule has 0 aromatic heterocycles. The van der Waals surface area contributed by atoms with Crippen LogP contribution >= 0.6 is 0 Å². The number of nitrogens with one attached hydrogen (secondary N) is 2. The minimum absolute atomic E-state index is 0.0693. The van der Waals surface area contributed by atoms with E-state index in [0.29, 0.717) is 19.3 Å². The minimum atomic E-state index is -1.19. The predicted octanol–water partition coefficient (Wildman–Crippen LogP) is 4.23. The topological polar surface area (TPSA) is 105 Å². The molecule has 0 bridgehead atoms. The Morgan fingerprint density at radius 1 is 1.06 bits per heavy atom. The summed E-state index contributed by atoms with van der Waals surface area (Å²) >= 11 is 0. The predicted molar refractivity (Wildman–Crippen MR) is 128 cm³/mol. The number of hydrogen-bond acceptors (Lipinski definition) is 4. The van der Waals surface area contributed by atoms with E-state index < -0.39 is 29.6 Å². The number of benzene rings is 2. The fourth-order valence-electron chi connectivity index (χ4n) is 4.69. The summed E-state index contributed by atoms with van der Waals surface area (Å²) in [4.78, 5) is 37.0. The lowest BCUT2D eigenvalue weighted by atomic mass is 9.90. The molecule has 2 amide bonds. The molecule has 178 valence electrons. The summed E-state index contributed by atoms with van der Waals surface area (Å²) in [7, 11) is 0. The van der Waals surface area contributed by atoms with Crippen molar-refractivity contribution in [3.63, 3.8) is 0 Å². The van der Waals surface area contributed by atoms with Gasteiger partial charge in [0.1, 0.15) is 12.1 Å². The van der Waals surface area contributed by atoms with E-state index in [9.17, 15) is 19.5 Å². The summed E-state index contributed by atoms with van der Waals surface area (Å²) in [6.45, 7) is 3.61.